The van der Waals surface area contributed by atoms with E-state index in [9.17, 15) is 14.7 Å². The molecule has 7 nitrogen and oxygen atoms in total. The normalized spacial score (nSPS) is 18.9. The second-order valence-electron chi connectivity index (χ2n) is 6.53. The molecular weight excluding hydrogens is 322 g/mol. The van der Waals surface area contributed by atoms with Gasteiger partial charge in [0, 0.05) is 44.0 Å². The zero-order valence-corrected chi connectivity index (χ0v) is 14.3. The summed E-state index contributed by atoms with van der Waals surface area (Å²) < 4.78 is 5.27. The van der Waals surface area contributed by atoms with Crippen molar-refractivity contribution in [2.45, 2.75) is 12.8 Å². The quantitative estimate of drug-likeness (QED) is 0.866. The number of rotatable bonds is 3. The molecule has 0 spiro atoms. The van der Waals surface area contributed by atoms with Crippen molar-refractivity contribution in [3.05, 3.63) is 29.8 Å². The number of nitrogens with one attached hydrogen (secondary N) is 1. The summed E-state index contributed by atoms with van der Waals surface area (Å²) in [4.78, 5) is 28.4. The second-order valence-corrected chi connectivity index (χ2v) is 6.53. The van der Waals surface area contributed by atoms with E-state index in [1.54, 1.807) is 34.1 Å². The van der Waals surface area contributed by atoms with Gasteiger partial charge in [-0.3, -0.25) is 4.79 Å². The summed E-state index contributed by atoms with van der Waals surface area (Å²) in [7, 11) is 0. The van der Waals surface area contributed by atoms with Gasteiger partial charge in [-0.1, -0.05) is 6.07 Å². The highest BCUT2D eigenvalue weighted by atomic mass is 16.5. The molecule has 2 N–H and O–H groups in total. The molecule has 0 atom stereocenters. The Morgan fingerprint density at radius 3 is 2.52 bits per heavy atom. The van der Waals surface area contributed by atoms with Crippen LogP contribution in [0.15, 0.2) is 24.3 Å². The first-order chi connectivity index (χ1) is 12.2. The fourth-order valence-electron chi connectivity index (χ4n) is 3.20. The highest BCUT2D eigenvalue weighted by molar-refractivity contribution is 5.97. The van der Waals surface area contributed by atoms with E-state index in [4.69, 9.17) is 4.74 Å². The minimum absolute atomic E-state index is 0.0387. The van der Waals surface area contributed by atoms with Crippen molar-refractivity contribution in [1.82, 2.24) is 9.80 Å². The van der Waals surface area contributed by atoms with E-state index in [2.05, 4.69) is 5.32 Å². The molecule has 2 heterocycles. The number of urea groups is 1. The van der Waals surface area contributed by atoms with Crippen LogP contribution in [0, 0.1) is 5.92 Å². The molecule has 0 saturated carbocycles. The molecule has 0 aromatic heterocycles. The lowest BCUT2D eigenvalue weighted by atomic mass is 9.98. The smallest absolute Gasteiger partial charge is 0.321 e. The van der Waals surface area contributed by atoms with Gasteiger partial charge >= 0.3 is 6.03 Å². The largest absolute Gasteiger partial charge is 0.396 e. The van der Waals surface area contributed by atoms with Crippen LogP contribution >= 0.6 is 0 Å². The van der Waals surface area contributed by atoms with Crippen LogP contribution in [0.25, 0.3) is 0 Å². The minimum atomic E-state index is -0.160. The third kappa shape index (κ3) is 4.49. The SMILES string of the molecule is O=C(Nc1cccc(C(=O)N2CCOCC2)c1)N1CCC(CO)CC1. The Labute approximate surface area is 147 Å². The maximum absolute atomic E-state index is 12.5. The number of ether oxygens (including phenoxy) is 1. The number of carbonyl (C=O) groups is 2. The summed E-state index contributed by atoms with van der Waals surface area (Å²) in [5.74, 6) is 0.252. The van der Waals surface area contributed by atoms with Crippen molar-refractivity contribution in [3.8, 4) is 0 Å². The van der Waals surface area contributed by atoms with E-state index < -0.39 is 0 Å². The molecule has 0 bridgehead atoms. The lowest BCUT2D eigenvalue weighted by molar-refractivity contribution is 0.0303. The van der Waals surface area contributed by atoms with Gasteiger partial charge in [0.2, 0.25) is 0 Å². The first kappa shape index (κ1) is 17.7. The Kier molecular flexibility index (Phi) is 5.88. The van der Waals surface area contributed by atoms with E-state index in [1.807, 2.05) is 0 Å². The Balaban J connectivity index is 1.59. The van der Waals surface area contributed by atoms with Crippen LogP contribution < -0.4 is 5.32 Å². The van der Waals surface area contributed by atoms with Gasteiger partial charge < -0.3 is 25.0 Å². The average Bonchev–Trinajstić information content (AvgIpc) is 2.68. The molecular formula is C18H25N3O4. The Morgan fingerprint density at radius 1 is 1.12 bits per heavy atom. The third-order valence-corrected chi connectivity index (χ3v) is 4.82. The average molecular weight is 347 g/mol. The summed E-state index contributed by atoms with van der Waals surface area (Å²) >= 11 is 0. The maximum Gasteiger partial charge on any atom is 0.321 e. The van der Waals surface area contributed by atoms with E-state index in [0.717, 1.165) is 12.8 Å². The molecule has 3 rings (SSSR count). The van der Waals surface area contributed by atoms with Gasteiger partial charge in [-0.15, -0.1) is 0 Å². The zero-order valence-electron chi connectivity index (χ0n) is 14.3. The van der Waals surface area contributed by atoms with Crippen LogP contribution in [0.5, 0.6) is 0 Å². The molecule has 2 aliphatic rings. The number of benzene rings is 1. The standard InChI is InChI=1S/C18H25N3O4/c22-13-14-4-6-21(7-5-14)18(24)19-16-3-1-2-15(12-16)17(23)20-8-10-25-11-9-20/h1-3,12,14,22H,4-11,13H2,(H,19,24). The molecule has 2 aliphatic heterocycles. The van der Waals surface area contributed by atoms with Gasteiger partial charge in [0.05, 0.1) is 13.2 Å². The fraction of sp³-hybridized carbons (Fsp3) is 0.556. The van der Waals surface area contributed by atoms with Crippen molar-refractivity contribution >= 4 is 17.6 Å². The Hall–Kier alpha value is -2.12. The summed E-state index contributed by atoms with van der Waals surface area (Å²) in [5, 5.41) is 12.1. The van der Waals surface area contributed by atoms with Crippen LogP contribution in [0.2, 0.25) is 0 Å². The van der Waals surface area contributed by atoms with Crippen LogP contribution in [-0.4, -0.2) is 72.8 Å². The van der Waals surface area contributed by atoms with Crippen LogP contribution in [0.3, 0.4) is 0 Å². The number of nitrogens with zero attached hydrogens (tertiary/aromatic N) is 2. The fourth-order valence-corrected chi connectivity index (χ4v) is 3.20. The van der Waals surface area contributed by atoms with Crippen molar-refractivity contribution in [1.29, 1.82) is 0 Å². The number of aliphatic hydroxyl groups is 1. The summed E-state index contributed by atoms with van der Waals surface area (Å²) in [6.45, 7) is 3.77. The molecule has 136 valence electrons. The Bertz CT molecular complexity index is 608. The van der Waals surface area contributed by atoms with E-state index in [1.165, 1.54) is 0 Å². The number of hydrogen-bond donors (Lipinski definition) is 2. The van der Waals surface area contributed by atoms with Crippen molar-refractivity contribution < 1.29 is 19.4 Å². The molecule has 0 radical (unpaired) electrons. The molecule has 0 unspecified atom stereocenters. The molecule has 1 aromatic rings. The molecule has 25 heavy (non-hydrogen) atoms. The van der Waals surface area contributed by atoms with Gasteiger partial charge in [-0.05, 0) is 37.0 Å². The predicted molar refractivity (Wildman–Crippen MR) is 93.6 cm³/mol. The summed E-state index contributed by atoms with van der Waals surface area (Å²) in [6, 6.07) is 6.89. The molecule has 2 fully saturated rings. The maximum atomic E-state index is 12.5. The highest BCUT2D eigenvalue weighted by Crippen LogP contribution is 2.19. The number of aliphatic hydroxyl groups excluding tert-OH is 1. The summed E-state index contributed by atoms with van der Waals surface area (Å²) in [6.07, 6.45) is 1.64. The second kappa shape index (κ2) is 8.31. The number of morpholine rings is 1. The lowest BCUT2D eigenvalue weighted by Gasteiger charge is -2.31. The first-order valence-electron chi connectivity index (χ1n) is 8.81. The van der Waals surface area contributed by atoms with Gasteiger partial charge in [0.1, 0.15) is 0 Å². The van der Waals surface area contributed by atoms with Crippen molar-refractivity contribution in [2.24, 2.45) is 5.92 Å². The zero-order chi connectivity index (χ0) is 17.6. The van der Waals surface area contributed by atoms with E-state index in [-0.39, 0.29) is 18.5 Å². The third-order valence-electron chi connectivity index (χ3n) is 4.82. The number of carbonyl (C=O) groups excluding carboxylic acids is 2. The van der Waals surface area contributed by atoms with Crippen LogP contribution in [-0.2, 0) is 4.74 Å². The van der Waals surface area contributed by atoms with E-state index >= 15 is 0 Å². The number of anilines is 1. The summed E-state index contributed by atoms with van der Waals surface area (Å²) in [5.41, 5.74) is 1.19. The van der Waals surface area contributed by atoms with Gasteiger partial charge in [-0.2, -0.15) is 0 Å². The number of hydrogen-bond acceptors (Lipinski definition) is 4. The van der Waals surface area contributed by atoms with Gasteiger partial charge in [0.25, 0.3) is 5.91 Å². The van der Waals surface area contributed by atoms with Crippen molar-refractivity contribution in [2.75, 3.05) is 51.3 Å². The predicted octanol–water partition coefficient (Wildman–Crippen LogP) is 1.40. The van der Waals surface area contributed by atoms with E-state index in [0.29, 0.717) is 56.6 Å². The number of amides is 3. The minimum Gasteiger partial charge on any atom is -0.396 e. The Morgan fingerprint density at radius 2 is 1.84 bits per heavy atom. The molecule has 2 saturated heterocycles. The van der Waals surface area contributed by atoms with Crippen LogP contribution in [0.1, 0.15) is 23.2 Å². The molecule has 3 amide bonds. The number of piperidine rings is 1. The van der Waals surface area contributed by atoms with Gasteiger partial charge in [-0.25, -0.2) is 4.79 Å². The topological polar surface area (TPSA) is 82.1 Å². The first-order valence-corrected chi connectivity index (χ1v) is 8.81. The lowest BCUT2D eigenvalue weighted by Crippen LogP contribution is -2.42. The molecule has 0 aliphatic carbocycles. The van der Waals surface area contributed by atoms with Gasteiger partial charge in [0.15, 0.2) is 0 Å². The van der Waals surface area contributed by atoms with Crippen LogP contribution in [0.4, 0.5) is 10.5 Å². The monoisotopic (exact) mass is 347 g/mol. The van der Waals surface area contributed by atoms with Crippen molar-refractivity contribution in [3.63, 3.8) is 0 Å². The molecule has 1 aromatic carbocycles. The highest BCUT2D eigenvalue weighted by Gasteiger charge is 2.23. The number of likely N-dealkylation sites (tertiary alicyclic amines) is 1. The molecule has 7 heteroatoms.